The molecule has 0 fully saturated rings. The molecular weight excluding hydrogens is 206 g/mol. The van der Waals surface area contributed by atoms with E-state index in [1.807, 2.05) is 18.2 Å². The summed E-state index contributed by atoms with van der Waals surface area (Å²) in [7, 11) is 0. The summed E-state index contributed by atoms with van der Waals surface area (Å²) in [6.07, 6.45) is 2.64. The standard InChI is InChI=1S/C8H11N3S.ClH/c9-8(10)12-6-4-7-3-1-2-5-11-7;/h1-3,5H,4,6H2,(H3,9,10);1H/p-1. The van der Waals surface area contributed by atoms with Crippen LogP contribution in [0.15, 0.2) is 24.4 Å². The number of nitrogens with one attached hydrogen (secondary N) is 1. The van der Waals surface area contributed by atoms with E-state index in [9.17, 15) is 0 Å². The summed E-state index contributed by atoms with van der Waals surface area (Å²) >= 11 is 1.35. The smallest absolute Gasteiger partial charge is 0.151 e. The zero-order valence-corrected chi connectivity index (χ0v) is 8.61. The first-order valence-corrected chi connectivity index (χ1v) is 4.64. The van der Waals surface area contributed by atoms with Gasteiger partial charge in [0.2, 0.25) is 0 Å². The molecule has 5 heteroatoms. The van der Waals surface area contributed by atoms with Crippen molar-refractivity contribution in [1.29, 1.82) is 5.41 Å². The Hall–Kier alpha value is -0.740. The number of hydrogen-bond donors (Lipinski definition) is 2. The Kier molecular flexibility index (Phi) is 6.36. The first-order chi connectivity index (χ1) is 5.79. The highest BCUT2D eigenvalue weighted by atomic mass is 35.5. The van der Waals surface area contributed by atoms with Crippen LogP contribution in [0.4, 0.5) is 0 Å². The molecule has 0 saturated carbocycles. The molecule has 0 aliphatic heterocycles. The molecule has 0 spiro atoms. The normalized spacial score (nSPS) is 8.92. The monoisotopic (exact) mass is 216 g/mol. The van der Waals surface area contributed by atoms with Gasteiger partial charge < -0.3 is 18.1 Å². The van der Waals surface area contributed by atoms with Crippen molar-refractivity contribution in [2.75, 3.05) is 5.75 Å². The summed E-state index contributed by atoms with van der Waals surface area (Å²) in [5.74, 6) is 0.826. The molecule has 0 aromatic carbocycles. The minimum atomic E-state index is 0. The van der Waals surface area contributed by atoms with E-state index in [2.05, 4.69) is 4.98 Å². The molecule has 0 atom stereocenters. The van der Waals surface area contributed by atoms with Crippen LogP contribution in [0.2, 0.25) is 0 Å². The molecule has 0 saturated heterocycles. The van der Waals surface area contributed by atoms with Crippen molar-refractivity contribution in [2.45, 2.75) is 6.42 Å². The van der Waals surface area contributed by atoms with Crippen LogP contribution < -0.4 is 18.1 Å². The van der Waals surface area contributed by atoms with Crippen LogP contribution in [-0.4, -0.2) is 15.9 Å². The summed E-state index contributed by atoms with van der Waals surface area (Å²) < 4.78 is 0. The van der Waals surface area contributed by atoms with E-state index in [-0.39, 0.29) is 17.6 Å². The summed E-state index contributed by atoms with van der Waals surface area (Å²) in [4.78, 5) is 4.15. The molecule has 1 aromatic rings. The quantitative estimate of drug-likeness (QED) is 0.466. The number of aromatic nitrogens is 1. The third-order valence-electron chi connectivity index (χ3n) is 1.34. The molecule has 0 bridgehead atoms. The molecule has 0 aliphatic rings. The third-order valence-corrected chi connectivity index (χ3v) is 2.06. The van der Waals surface area contributed by atoms with Gasteiger partial charge >= 0.3 is 0 Å². The maximum absolute atomic E-state index is 6.98. The maximum atomic E-state index is 6.98. The summed E-state index contributed by atoms with van der Waals surface area (Å²) in [6.45, 7) is 0. The molecule has 13 heavy (non-hydrogen) atoms. The Morgan fingerprint density at radius 2 is 2.31 bits per heavy atom. The van der Waals surface area contributed by atoms with Crippen LogP contribution >= 0.6 is 11.8 Å². The van der Waals surface area contributed by atoms with Gasteiger partial charge in [-0.15, -0.1) is 0 Å². The SMILES string of the molecule is N=C(N)SCCc1ccccn1.[Cl-]. The van der Waals surface area contributed by atoms with Crippen molar-refractivity contribution in [3.8, 4) is 0 Å². The van der Waals surface area contributed by atoms with Gasteiger partial charge in [-0.3, -0.25) is 10.4 Å². The number of hydrogen-bond acceptors (Lipinski definition) is 3. The molecular formula is C8H11ClN3S-. The van der Waals surface area contributed by atoms with Crippen molar-refractivity contribution in [3.63, 3.8) is 0 Å². The van der Waals surface area contributed by atoms with E-state index in [0.29, 0.717) is 0 Å². The Bertz CT molecular complexity index is 253. The molecule has 0 radical (unpaired) electrons. The lowest BCUT2D eigenvalue weighted by molar-refractivity contribution is -0.00000285. The number of aryl methyl sites for hydroxylation is 1. The molecule has 1 aromatic heterocycles. The van der Waals surface area contributed by atoms with Crippen LogP contribution in [0.25, 0.3) is 0 Å². The van der Waals surface area contributed by atoms with E-state index in [1.54, 1.807) is 6.20 Å². The van der Waals surface area contributed by atoms with Gasteiger partial charge in [0.05, 0.1) is 0 Å². The Morgan fingerprint density at radius 3 is 2.85 bits per heavy atom. The molecule has 72 valence electrons. The maximum Gasteiger partial charge on any atom is 0.151 e. The number of halogens is 1. The van der Waals surface area contributed by atoms with Gasteiger partial charge in [-0.2, -0.15) is 0 Å². The zero-order chi connectivity index (χ0) is 8.81. The lowest BCUT2D eigenvalue weighted by Gasteiger charge is -1.98. The van der Waals surface area contributed by atoms with Gasteiger partial charge in [-0.05, 0) is 18.6 Å². The van der Waals surface area contributed by atoms with Crippen molar-refractivity contribution < 1.29 is 12.4 Å². The van der Waals surface area contributed by atoms with Gasteiger partial charge in [0.15, 0.2) is 5.17 Å². The summed E-state index contributed by atoms with van der Waals surface area (Å²) in [5, 5.41) is 7.15. The van der Waals surface area contributed by atoms with Gasteiger partial charge in [0, 0.05) is 17.6 Å². The number of rotatable bonds is 3. The average Bonchev–Trinajstić information content (AvgIpc) is 2.05. The van der Waals surface area contributed by atoms with Gasteiger partial charge in [0.25, 0.3) is 0 Å². The van der Waals surface area contributed by atoms with Crippen LogP contribution in [0, 0.1) is 5.41 Å². The highest BCUT2D eigenvalue weighted by molar-refractivity contribution is 8.13. The molecule has 3 nitrogen and oxygen atoms in total. The fraction of sp³-hybridized carbons (Fsp3) is 0.250. The number of nitrogens with two attached hydrogens (primary N) is 1. The van der Waals surface area contributed by atoms with E-state index in [0.717, 1.165) is 17.9 Å². The Morgan fingerprint density at radius 1 is 1.54 bits per heavy atom. The van der Waals surface area contributed by atoms with Crippen LogP contribution in [0.1, 0.15) is 5.69 Å². The van der Waals surface area contributed by atoms with E-state index >= 15 is 0 Å². The molecule has 0 aliphatic carbocycles. The molecule has 1 rings (SSSR count). The second-order valence-electron chi connectivity index (χ2n) is 2.28. The number of nitrogens with zero attached hydrogens (tertiary/aromatic N) is 1. The predicted molar refractivity (Wildman–Crippen MR) is 52.3 cm³/mol. The number of pyridine rings is 1. The lowest BCUT2D eigenvalue weighted by atomic mass is 10.3. The second kappa shape index (κ2) is 6.74. The largest absolute Gasteiger partial charge is 1.00 e. The predicted octanol–water partition coefficient (Wildman–Crippen LogP) is -1.75. The minimum absolute atomic E-state index is 0. The molecule has 3 N–H and O–H groups in total. The number of thioether (sulfide) groups is 1. The second-order valence-corrected chi connectivity index (χ2v) is 3.42. The molecule has 0 unspecified atom stereocenters. The highest BCUT2D eigenvalue weighted by Gasteiger charge is 1.94. The lowest BCUT2D eigenvalue weighted by Crippen LogP contribution is -3.00. The first-order valence-electron chi connectivity index (χ1n) is 3.66. The Labute approximate surface area is 88.0 Å². The van der Waals surface area contributed by atoms with Gasteiger partial charge in [0.1, 0.15) is 0 Å². The fourth-order valence-corrected chi connectivity index (χ4v) is 1.34. The van der Waals surface area contributed by atoms with Gasteiger partial charge in [-0.25, -0.2) is 0 Å². The third kappa shape index (κ3) is 5.49. The van der Waals surface area contributed by atoms with Crippen LogP contribution in [0.5, 0.6) is 0 Å². The van der Waals surface area contributed by atoms with Crippen molar-refractivity contribution >= 4 is 16.9 Å². The van der Waals surface area contributed by atoms with Crippen LogP contribution in [-0.2, 0) is 6.42 Å². The number of amidine groups is 1. The van der Waals surface area contributed by atoms with E-state index in [1.165, 1.54) is 11.8 Å². The minimum Gasteiger partial charge on any atom is -1.00 e. The highest BCUT2D eigenvalue weighted by Crippen LogP contribution is 2.02. The van der Waals surface area contributed by atoms with Crippen molar-refractivity contribution in [2.24, 2.45) is 5.73 Å². The van der Waals surface area contributed by atoms with Gasteiger partial charge in [-0.1, -0.05) is 17.8 Å². The summed E-state index contributed by atoms with van der Waals surface area (Å²) in [6, 6.07) is 5.82. The fourth-order valence-electron chi connectivity index (χ4n) is 0.812. The molecule has 1 heterocycles. The first kappa shape index (κ1) is 12.3. The topological polar surface area (TPSA) is 62.8 Å². The average molecular weight is 217 g/mol. The molecule has 0 amide bonds. The summed E-state index contributed by atoms with van der Waals surface area (Å²) in [5.41, 5.74) is 6.23. The van der Waals surface area contributed by atoms with Crippen LogP contribution in [0.3, 0.4) is 0 Å². The van der Waals surface area contributed by atoms with E-state index in [4.69, 9.17) is 11.1 Å². The van der Waals surface area contributed by atoms with Crippen molar-refractivity contribution in [3.05, 3.63) is 30.1 Å². The van der Waals surface area contributed by atoms with E-state index < -0.39 is 0 Å². The van der Waals surface area contributed by atoms with Crippen molar-refractivity contribution in [1.82, 2.24) is 4.98 Å². The Balaban J connectivity index is 0.00000144. The zero-order valence-electron chi connectivity index (χ0n) is 7.03.